The predicted octanol–water partition coefficient (Wildman–Crippen LogP) is 6.72. The zero-order chi connectivity index (χ0) is 52.6. The fourth-order valence-corrected chi connectivity index (χ4v) is 13.7. The lowest BCUT2D eigenvalue weighted by atomic mass is 9.91. The zero-order valence-electron chi connectivity index (χ0n) is 43.9. The van der Waals surface area contributed by atoms with Crippen molar-refractivity contribution in [3.05, 3.63) is 176 Å². The standard InChI is InChI=1S/2C30H36ClN5O2/c2*1-21-16-34(20-33-21)18-30(38)11-4-13-36(19-30)29(37)27-17-35(14-12-32-27)28-25-6-3-2-5-22(25)7-8-23-15-24(31)9-10-26(23)28/h2*2-3,5-6,9-10,15-16,20,27-28,32,38H,4,7-8,11-14,17-19H2,1H3/t2*27-,28?,30?/m11/s1. The highest BCUT2D eigenvalue weighted by atomic mass is 35.5. The molecule has 0 radical (unpaired) electrons. The van der Waals surface area contributed by atoms with Gasteiger partial charge < -0.3 is 39.8 Å². The predicted molar refractivity (Wildman–Crippen MR) is 296 cm³/mol. The van der Waals surface area contributed by atoms with E-state index in [2.05, 4.69) is 103 Å². The maximum Gasteiger partial charge on any atom is 0.241 e. The van der Waals surface area contributed by atoms with Crippen molar-refractivity contribution in [1.82, 2.24) is 49.3 Å². The first-order valence-corrected chi connectivity index (χ1v) is 28.2. The summed E-state index contributed by atoms with van der Waals surface area (Å²) in [6, 6.07) is 29.5. The first kappa shape index (κ1) is 52.6. The zero-order valence-corrected chi connectivity index (χ0v) is 45.4. The fourth-order valence-electron chi connectivity index (χ4n) is 13.3. The lowest BCUT2D eigenvalue weighted by Crippen LogP contribution is -2.61. The summed E-state index contributed by atoms with van der Waals surface area (Å²) < 4.78 is 3.86. The Hall–Kier alpha value is -5.42. The summed E-state index contributed by atoms with van der Waals surface area (Å²) in [7, 11) is 0. The van der Waals surface area contributed by atoms with Gasteiger partial charge in [0.1, 0.15) is 11.2 Å². The van der Waals surface area contributed by atoms with E-state index in [9.17, 15) is 19.8 Å². The summed E-state index contributed by atoms with van der Waals surface area (Å²) in [5, 5.41) is 31.3. The Balaban J connectivity index is 0.000000162. The number of halogens is 2. The SMILES string of the molecule is Cc1cn(CC2(O)CCCN(C(=O)[C@H]3CN(C4c5ccccc5CCc5cc(Cl)ccc54)CCN3)C2)cn1.Cc1cn(CC2(O)CCCN(C(=O)[C@H]3CN(C4c5ccccc5CCc5cc(Cl)ccc54)CCN3)C2)cn1. The highest BCUT2D eigenvalue weighted by Crippen LogP contribution is 2.40. The van der Waals surface area contributed by atoms with Gasteiger partial charge in [0.25, 0.3) is 0 Å². The van der Waals surface area contributed by atoms with Gasteiger partial charge in [0.2, 0.25) is 11.8 Å². The van der Waals surface area contributed by atoms with Crippen LogP contribution in [0.15, 0.2) is 110 Å². The van der Waals surface area contributed by atoms with Crippen LogP contribution in [-0.4, -0.2) is 149 Å². The Kier molecular flexibility index (Phi) is 15.6. The van der Waals surface area contributed by atoms with Gasteiger partial charge in [-0.15, -0.1) is 0 Å². The van der Waals surface area contributed by atoms with Crippen molar-refractivity contribution in [3.63, 3.8) is 0 Å². The molecule has 4 N–H and O–H groups in total. The van der Waals surface area contributed by atoms with Crippen molar-refractivity contribution in [2.75, 3.05) is 65.4 Å². The number of benzene rings is 4. The van der Waals surface area contributed by atoms with Crippen LogP contribution >= 0.6 is 23.2 Å². The van der Waals surface area contributed by atoms with E-state index >= 15 is 0 Å². The van der Waals surface area contributed by atoms with E-state index in [-0.39, 0.29) is 36.0 Å². The van der Waals surface area contributed by atoms with E-state index in [1.54, 1.807) is 12.7 Å². The van der Waals surface area contributed by atoms with E-state index < -0.39 is 11.2 Å². The molecule has 6 heterocycles. The molecule has 2 aromatic heterocycles. The molecular weight excluding hydrogens is 996 g/mol. The largest absolute Gasteiger partial charge is 0.386 e. The molecule has 2 amide bonds. The number of β-amino-alcohol motifs (C(OH)–C–C–N with tert-alkyl or cyclic N) is 2. The Labute approximate surface area is 457 Å². The highest BCUT2D eigenvalue weighted by molar-refractivity contribution is 6.31. The summed E-state index contributed by atoms with van der Waals surface area (Å²) in [5.41, 5.74) is 10.5. The number of aryl methyl sites for hydroxylation is 6. The normalized spacial score (nSPS) is 25.9. The number of piperidine rings is 2. The minimum absolute atomic E-state index is 0.0767. The number of carbonyl (C=O) groups is 2. The Morgan fingerprint density at radius 3 is 1.41 bits per heavy atom. The molecule has 4 aromatic carbocycles. The Bertz CT molecular complexity index is 2850. The number of carbonyl (C=O) groups excluding carboxylic acids is 2. The van der Waals surface area contributed by atoms with E-state index in [4.69, 9.17) is 23.2 Å². The third kappa shape index (κ3) is 11.6. The number of aliphatic hydroxyl groups is 2. The smallest absolute Gasteiger partial charge is 0.241 e. The van der Waals surface area contributed by atoms with Gasteiger partial charge in [-0.25, -0.2) is 9.97 Å². The number of hydrogen-bond acceptors (Lipinski definition) is 10. The van der Waals surface area contributed by atoms with Gasteiger partial charge in [0.05, 0.1) is 74.4 Å². The van der Waals surface area contributed by atoms with Gasteiger partial charge in [-0.3, -0.25) is 19.4 Å². The number of fused-ring (bicyclic) bond motifs is 4. The topological polar surface area (TPSA) is 147 Å². The molecule has 12 rings (SSSR count). The maximum atomic E-state index is 13.8. The highest BCUT2D eigenvalue weighted by Gasteiger charge is 2.42. The van der Waals surface area contributed by atoms with Gasteiger partial charge in [-0.05, 0) is 134 Å². The summed E-state index contributed by atoms with van der Waals surface area (Å²) in [6.45, 7) is 11.2. The third-order valence-corrected chi connectivity index (χ3v) is 17.2. The van der Waals surface area contributed by atoms with Crippen molar-refractivity contribution >= 4 is 35.0 Å². The van der Waals surface area contributed by atoms with Crippen LogP contribution in [-0.2, 0) is 48.4 Å². The molecule has 0 bridgehead atoms. The number of hydrogen-bond donors (Lipinski definition) is 4. The Morgan fingerprint density at radius 2 is 0.987 bits per heavy atom. The quantitative estimate of drug-likeness (QED) is 0.130. The van der Waals surface area contributed by atoms with E-state index in [1.807, 2.05) is 57.3 Å². The number of likely N-dealkylation sites (tertiary alicyclic amines) is 2. The van der Waals surface area contributed by atoms with Crippen LogP contribution in [0.25, 0.3) is 0 Å². The van der Waals surface area contributed by atoms with Crippen LogP contribution in [0, 0.1) is 13.8 Å². The maximum absolute atomic E-state index is 13.8. The molecule has 4 fully saturated rings. The third-order valence-electron chi connectivity index (χ3n) is 16.8. The van der Waals surface area contributed by atoms with Gasteiger partial charge in [-0.2, -0.15) is 0 Å². The average Bonchev–Trinajstić information content (AvgIpc) is 3.94. The van der Waals surface area contributed by atoms with Crippen LogP contribution in [0.4, 0.5) is 0 Å². The number of piperazine rings is 2. The molecule has 6 atom stereocenters. The van der Waals surface area contributed by atoms with Crippen molar-refractivity contribution in [3.8, 4) is 0 Å². The van der Waals surface area contributed by atoms with Crippen LogP contribution in [0.3, 0.4) is 0 Å². The Morgan fingerprint density at radius 1 is 0.579 bits per heavy atom. The molecule has 4 saturated heterocycles. The number of nitrogens with zero attached hydrogens (tertiary/aromatic N) is 8. The number of aromatic nitrogens is 4. The number of imidazole rings is 2. The van der Waals surface area contributed by atoms with Gasteiger partial charge >= 0.3 is 0 Å². The lowest BCUT2D eigenvalue weighted by Gasteiger charge is -2.43. The molecule has 0 spiro atoms. The van der Waals surface area contributed by atoms with E-state index in [1.165, 1.54) is 44.5 Å². The number of nitrogens with one attached hydrogen (secondary N) is 2. The van der Waals surface area contributed by atoms with Crippen LogP contribution in [0.5, 0.6) is 0 Å². The van der Waals surface area contributed by atoms with Crippen molar-refractivity contribution in [2.45, 2.75) is 114 Å². The molecule has 76 heavy (non-hydrogen) atoms. The lowest BCUT2D eigenvalue weighted by molar-refractivity contribution is -0.143. The molecule has 4 unspecified atom stereocenters. The fraction of sp³-hybridized carbons (Fsp3) is 0.467. The minimum Gasteiger partial charge on any atom is -0.386 e. The molecule has 6 aromatic rings. The summed E-state index contributed by atoms with van der Waals surface area (Å²) in [6.07, 6.45) is 14.2. The monoisotopic (exact) mass is 1070 g/mol. The molecule has 14 nitrogen and oxygen atoms in total. The second-order valence-corrected chi connectivity index (χ2v) is 23.3. The second kappa shape index (κ2) is 22.5. The van der Waals surface area contributed by atoms with Gasteiger partial charge in [0, 0.05) is 74.8 Å². The summed E-state index contributed by atoms with van der Waals surface area (Å²) in [5.74, 6) is 0.153. The van der Waals surface area contributed by atoms with Crippen molar-refractivity contribution < 1.29 is 19.8 Å². The number of rotatable bonds is 8. The van der Waals surface area contributed by atoms with Crippen molar-refractivity contribution in [2.24, 2.45) is 0 Å². The van der Waals surface area contributed by atoms with Crippen LogP contribution in [0.1, 0.15) is 93.7 Å². The molecule has 6 aliphatic rings. The van der Waals surface area contributed by atoms with Gasteiger partial charge in [-0.1, -0.05) is 83.9 Å². The van der Waals surface area contributed by atoms with E-state index in [0.29, 0.717) is 65.2 Å². The molecule has 16 heteroatoms. The van der Waals surface area contributed by atoms with Crippen LogP contribution in [0.2, 0.25) is 10.0 Å². The van der Waals surface area contributed by atoms with Crippen LogP contribution < -0.4 is 10.6 Å². The summed E-state index contributed by atoms with van der Waals surface area (Å²) in [4.78, 5) is 44.9. The summed E-state index contributed by atoms with van der Waals surface area (Å²) >= 11 is 12.8. The first-order valence-electron chi connectivity index (χ1n) is 27.4. The second-order valence-electron chi connectivity index (χ2n) is 22.4. The van der Waals surface area contributed by atoms with Crippen molar-refractivity contribution in [1.29, 1.82) is 0 Å². The molecular formula is C60H72Cl2N10O4. The molecule has 4 aliphatic heterocycles. The van der Waals surface area contributed by atoms with Gasteiger partial charge in [0.15, 0.2) is 0 Å². The molecule has 0 saturated carbocycles. The molecule has 2 aliphatic carbocycles. The van der Waals surface area contributed by atoms with E-state index in [0.717, 1.165) is 86.1 Å². The minimum atomic E-state index is -0.951. The number of amides is 2. The first-order chi connectivity index (χ1) is 36.8. The molecule has 400 valence electrons. The average molecular weight is 1070 g/mol.